The van der Waals surface area contributed by atoms with Gasteiger partial charge in [0.15, 0.2) is 6.61 Å². The number of aryl methyl sites for hydroxylation is 4. The van der Waals surface area contributed by atoms with Crippen LogP contribution in [0.5, 0.6) is 5.75 Å². The van der Waals surface area contributed by atoms with Crippen molar-refractivity contribution in [2.45, 2.75) is 47.5 Å². The van der Waals surface area contributed by atoms with Crippen molar-refractivity contribution in [3.05, 3.63) is 58.1 Å². The van der Waals surface area contributed by atoms with Gasteiger partial charge in [0.1, 0.15) is 5.75 Å². The Kier molecular flexibility index (Phi) is 5.66. The van der Waals surface area contributed by atoms with Crippen molar-refractivity contribution in [2.24, 2.45) is 0 Å². The molecule has 0 aromatic heterocycles. The van der Waals surface area contributed by atoms with E-state index in [1.54, 1.807) is 0 Å². The lowest BCUT2D eigenvalue weighted by molar-refractivity contribution is -0.118. The first-order valence-electron chi connectivity index (χ1n) is 8.39. The van der Waals surface area contributed by atoms with Crippen LogP contribution in [0.4, 0.5) is 5.69 Å². The lowest BCUT2D eigenvalue weighted by Gasteiger charge is -2.15. The van der Waals surface area contributed by atoms with Crippen molar-refractivity contribution in [3.63, 3.8) is 0 Å². The summed E-state index contributed by atoms with van der Waals surface area (Å²) in [4.78, 5) is 12.3. The Hall–Kier alpha value is -2.29. The molecule has 2 aromatic rings. The third-order valence-electron chi connectivity index (χ3n) is 4.18. The lowest BCUT2D eigenvalue weighted by Crippen LogP contribution is -2.21. The standard InChI is InChI=1S/C21H27NO2/c1-13(2)18-8-7-15(4)19(11-18)24-12-20(23)22-21-16(5)9-14(3)10-17(21)6/h7-11,13H,12H2,1-6H3,(H,22,23). The third kappa shape index (κ3) is 4.38. The van der Waals surface area contributed by atoms with Crippen molar-refractivity contribution < 1.29 is 9.53 Å². The molecule has 2 rings (SSSR count). The van der Waals surface area contributed by atoms with E-state index < -0.39 is 0 Å². The van der Waals surface area contributed by atoms with E-state index >= 15 is 0 Å². The number of anilines is 1. The summed E-state index contributed by atoms with van der Waals surface area (Å²) in [7, 11) is 0. The second-order valence-electron chi connectivity index (χ2n) is 6.79. The van der Waals surface area contributed by atoms with Crippen LogP contribution in [0.2, 0.25) is 0 Å². The van der Waals surface area contributed by atoms with Crippen molar-refractivity contribution in [1.82, 2.24) is 0 Å². The highest BCUT2D eigenvalue weighted by molar-refractivity contribution is 5.93. The Bertz CT molecular complexity index is 724. The minimum absolute atomic E-state index is 0.00907. The first kappa shape index (κ1) is 18.1. The van der Waals surface area contributed by atoms with Gasteiger partial charge < -0.3 is 10.1 Å². The fraction of sp³-hybridized carbons (Fsp3) is 0.381. The average Bonchev–Trinajstić information content (AvgIpc) is 2.49. The van der Waals surface area contributed by atoms with Gasteiger partial charge in [-0.15, -0.1) is 0 Å². The Morgan fingerprint density at radius 1 is 1.00 bits per heavy atom. The molecule has 0 saturated heterocycles. The van der Waals surface area contributed by atoms with E-state index in [4.69, 9.17) is 4.74 Å². The molecule has 128 valence electrons. The Morgan fingerprint density at radius 2 is 1.62 bits per heavy atom. The number of rotatable bonds is 5. The van der Waals surface area contributed by atoms with Crippen LogP contribution in [0.15, 0.2) is 30.3 Å². The topological polar surface area (TPSA) is 38.3 Å². The quantitative estimate of drug-likeness (QED) is 0.834. The number of hydrogen-bond donors (Lipinski definition) is 1. The normalized spacial score (nSPS) is 10.8. The molecule has 24 heavy (non-hydrogen) atoms. The van der Waals surface area contributed by atoms with Gasteiger partial charge in [0.2, 0.25) is 0 Å². The monoisotopic (exact) mass is 325 g/mol. The summed E-state index contributed by atoms with van der Waals surface area (Å²) in [5.41, 5.74) is 6.45. The van der Waals surface area contributed by atoms with E-state index in [2.05, 4.69) is 44.3 Å². The van der Waals surface area contributed by atoms with Crippen LogP contribution >= 0.6 is 0 Å². The second kappa shape index (κ2) is 7.52. The molecule has 0 saturated carbocycles. The molecule has 0 unspecified atom stereocenters. The zero-order valence-corrected chi connectivity index (χ0v) is 15.5. The van der Waals surface area contributed by atoms with Gasteiger partial charge in [0.25, 0.3) is 5.91 Å². The Labute approximate surface area is 145 Å². The van der Waals surface area contributed by atoms with E-state index in [1.807, 2.05) is 32.9 Å². The van der Waals surface area contributed by atoms with Crippen LogP contribution in [0.25, 0.3) is 0 Å². The molecule has 0 spiro atoms. The molecular weight excluding hydrogens is 298 g/mol. The van der Waals surface area contributed by atoms with Crippen LogP contribution in [0.3, 0.4) is 0 Å². The maximum atomic E-state index is 12.3. The van der Waals surface area contributed by atoms with Gasteiger partial charge in [-0.25, -0.2) is 0 Å². The molecule has 0 fully saturated rings. The molecule has 1 N–H and O–H groups in total. The predicted octanol–water partition coefficient (Wildman–Crippen LogP) is 5.06. The number of carbonyl (C=O) groups is 1. The largest absolute Gasteiger partial charge is 0.483 e. The van der Waals surface area contributed by atoms with Crippen LogP contribution in [0.1, 0.15) is 47.6 Å². The van der Waals surface area contributed by atoms with Gasteiger partial charge in [0, 0.05) is 5.69 Å². The molecule has 0 radical (unpaired) electrons. The first-order valence-corrected chi connectivity index (χ1v) is 8.39. The zero-order chi connectivity index (χ0) is 17.9. The van der Waals surface area contributed by atoms with Gasteiger partial charge >= 0.3 is 0 Å². The summed E-state index contributed by atoms with van der Waals surface area (Å²) < 4.78 is 5.75. The van der Waals surface area contributed by atoms with Gasteiger partial charge in [-0.2, -0.15) is 0 Å². The molecule has 0 atom stereocenters. The molecular formula is C21H27NO2. The van der Waals surface area contributed by atoms with Gasteiger partial charge in [0.05, 0.1) is 0 Å². The Morgan fingerprint density at radius 3 is 2.21 bits per heavy atom. The maximum Gasteiger partial charge on any atom is 0.262 e. The number of ether oxygens (including phenoxy) is 1. The summed E-state index contributed by atoms with van der Waals surface area (Å²) in [5.74, 6) is 1.06. The predicted molar refractivity (Wildman–Crippen MR) is 100 cm³/mol. The van der Waals surface area contributed by atoms with Crippen LogP contribution in [-0.4, -0.2) is 12.5 Å². The Balaban J connectivity index is 2.05. The van der Waals surface area contributed by atoms with Crippen molar-refractivity contribution >= 4 is 11.6 Å². The smallest absolute Gasteiger partial charge is 0.262 e. The fourth-order valence-electron chi connectivity index (χ4n) is 2.83. The second-order valence-corrected chi connectivity index (χ2v) is 6.79. The van der Waals surface area contributed by atoms with Crippen molar-refractivity contribution in [2.75, 3.05) is 11.9 Å². The van der Waals surface area contributed by atoms with Crippen molar-refractivity contribution in [1.29, 1.82) is 0 Å². The minimum Gasteiger partial charge on any atom is -0.483 e. The fourth-order valence-corrected chi connectivity index (χ4v) is 2.83. The zero-order valence-electron chi connectivity index (χ0n) is 15.5. The van der Waals surface area contributed by atoms with Crippen LogP contribution in [0, 0.1) is 27.7 Å². The van der Waals surface area contributed by atoms with Gasteiger partial charge in [-0.05, 0) is 61.9 Å². The highest BCUT2D eigenvalue weighted by atomic mass is 16.5. The van der Waals surface area contributed by atoms with Crippen LogP contribution in [-0.2, 0) is 4.79 Å². The number of hydrogen-bond acceptors (Lipinski definition) is 2. The van der Waals surface area contributed by atoms with Gasteiger partial charge in [-0.3, -0.25) is 4.79 Å². The van der Waals surface area contributed by atoms with E-state index in [1.165, 1.54) is 11.1 Å². The van der Waals surface area contributed by atoms with Crippen LogP contribution < -0.4 is 10.1 Å². The molecule has 3 heteroatoms. The molecule has 3 nitrogen and oxygen atoms in total. The van der Waals surface area contributed by atoms with E-state index in [0.29, 0.717) is 5.92 Å². The molecule has 0 heterocycles. The highest BCUT2D eigenvalue weighted by Gasteiger charge is 2.11. The maximum absolute atomic E-state index is 12.3. The molecule has 0 aliphatic rings. The van der Waals surface area contributed by atoms with Gasteiger partial charge in [-0.1, -0.05) is 43.7 Å². The lowest BCUT2D eigenvalue weighted by atomic mass is 10.0. The summed E-state index contributed by atoms with van der Waals surface area (Å²) in [6, 6.07) is 10.3. The number of benzene rings is 2. The molecule has 0 bridgehead atoms. The SMILES string of the molecule is Cc1cc(C)c(NC(=O)COc2cc(C(C)C)ccc2C)c(C)c1. The average molecular weight is 325 g/mol. The minimum atomic E-state index is -0.139. The summed E-state index contributed by atoms with van der Waals surface area (Å²) in [5, 5.41) is 2.97. The number of carbonyl (C=O) groups excluding carboxylic acids is 1. The summed E-state index contributed by atoms with van der Waals surface area (Å²) >= 11 is 0. The van der Waals surface area contributed by atoms with E-state index in [0.717, 1.165) is 28.1 Å². The number of nitrogens with one attached hydrogen (secondary N) is 1. The number of amides is 1. The van der Waals surface area contributed by atoms with Crippen molar-refractivity contribution in [3.8, 4) is 5.75 Å². The summed E-state index contributed by atoms with van der Waals surface area (Å²) in [6.45, 7) is 12.4. The molecule has 2 aromatic carbocycles. The summed E-state index contributed by atoms with van der Waals surface area (Å²) in [6.07, 6.45) is 0. The first-order chi connectivity index (χ1) is 11.3. The molecule has 0 aliphatic carbocycles. The third-order valence-corrected chi connectivity index (χ3v) is 4.18. The van der Waals surface area contributed by atoms with E-state index in [-0.39, 0.29) is 12.5 Å². The molecule has 0 aliphatic heterocycles. The highest BCUT2D eigenvalue weighted by Crippen LogP contribution is 2.25. The molecule has 1 amide bonds. The van der Waals surface area contributed by atoms with E-state index in [9.17, 15) is 4.79 Å².